The summed E-state index contributed by atoms with van der Waals surface area (Å²) in [5.41, 5.74) is 2.24. The van der Waals surface area contributed by atoms with Gasteiger partial charge >= 0.3 is 0 Å². The maximum absolute atomic E-state index is 12.7. The SMILES string of the molecule is CCOc1ccc(C)cc1C(=O)c1cc(Br)ccc1Br. The smallest absolute Gasteiger partial charge is 0.197 e. The van der Waals surface area contributed by atoms with E-state index < -0.39 is 0 Å². The van der Waals surface area contributed by atoms with Crippen molar-refractivity contribution >= 4 is 37.6 Å². The van der Waals surface area contributed by atoms with Crippen LogP contribution >= 0.6 is 31.9 Å². The molecule has 2 rings (SSSR count). The largest absolute Gasteiger partial charge is 0.493 e. The molecular formula is C16H14Br2O2. The van der Waals surface area contributed by atoms with Crippen LogP contribution in [0.1, 0.15) is 28.4 Å². The van der Waals surface area contributed by atoms with E-state index >= 15 is 0 Å². The van der Waals surface area contributed by atoms with Crippen LogP contribution in [0.5, 0.6) is 5.75 Å². The number of carbonyl (C=O) groups excluding carboxylic acids is 1. The highest BCUT2D eigenvalue weighted by molar-refractivity contribution is 9.11. The molecule has 0 spiro atoms. The molecule has 0 fully saturated rings. The Bertz CT molecular complexity index is 651. The molecule has 0 amide bonds. The van der Waals surface area contributed by atoms with Gasteiger partial charge in [-0.05, 0) is 44.2 Å². The Kier molecular flexibility index (Phi) is 5.00. The standard InChI is InChI=1S/C16H14Br2O2/c1-3-20-15-7-4-10(2)8-13(15)16(19)12-9-11(17)5-6-14(12)18/h4-9H,3H2,1-2H3. The van der Waals surface area contributed by atoms with Crippen LogP contribution in [0.4, 0.5) is 0 Å². The number of carbonyl (C=O) groups is 1. The quantitative estimate of drug-likeness (QED) is 0.667. The van der Waals surface area contributed by atoms with Gasteiger partial charge in [0.25, 0.3) is 0 Å². The van der Waals surface area contributed by atoms with Gasteiger partial charge in [-0.15, -0.1) is 0 Å². The lowest BCUT2D eigenvalue weighted by Gasteiger charge is -2.11. The molecule has 0 N–H and O–H groups in total. The molecule has 0 saturated carbocycles. The van der Waals surface area contributed by atoms with E-state index in [0.29, 0.717) is 23.5 Å². The summed E-state index contributed by atoms with van der Waals surface area (Å²) in [6, 6.07) is 11.2. The lowest BCUT2D eigenvalue weighted by molar-refractivity contribution is 0.103. The molecule has 0 heterocycles. The normalized spacial score (nSPS) is 10.4. The van der Waals surface area contributed by atoms with E-state index in [1.807, 2.05) is 50.2 Å². The third kappa shape index (κ3) is 3.30. The summed E-state index contributed by atoms with van der Waals surface area (Å²) in [5, 5.41) is 0. The van der Waals surface area contributed by atoms with Gasteiger partial charge in [-0.3, -0.25) is 4.79 Å². The summed E-state index contributed by atoms with van der Waals surface area (Å²) < 4.78 is 7.20. The second-order valence-corrected chi connectivity index (χ2v) is 6.16. The molecule has 20 heavy (non-hydrogen) atoms. The van der Waals surface area contributed by atoms with Crippen molar-refractivity contribution in [2.45, 2.75) is 13.8 Å². The average molecular weight is 398 g/mol. The van der Waals surface area contributed by atoms with Crippen LogP contribution in [0.3, 0.4) is 0 Å². The van der Waals surface area contributed by atoms with Crippen molar-refractivity contribution in [3.05, 3.63) is 62.0 Å². The van der Waals surface area contributed by atoms with Crippen LogP contribution in [0, 0.1) is 6.92 Å². The molecule has 104 valence electrons. The summed E-state index contributed by atoms with van der Waals surface area (Å²) in [7, 11) is 0. The van der Waals surface area contributed by atoms with Crippen LogP contribution in [-0.2, 0) is 0 Å². The Labute approximate surface area is 135 Å². The van der Waals surface area contributed by atoms with E-state index in [1.165, 1.54) is 0 Å². The molecule has 2 nitrogen and oxygen atoms in total. The molecule has 0 aliphatic heterocycles. The van der Waals surface area contributed by atoms with E-state index in [2.05, 4.69) is 31.9 Å². The first-order valence-corrected chi connectivity index (χ1v) is 7.84. The zero-order chi connectivity index (χ0) is 14.7. The fraction of sp³-hybridized carbons (Fsp3) is 0.188. The summed E-state index contributed by atoms with van der Waals surface area (Å²) in [6.45, 7) is 4.40. The van der Waals surface area contributed by atoms with E-state index in [0.717, 1.165) is 14.5 Å². The van der Waals surface area contributed by atoms with Gasteiger partial charge < -0.3 is 4.74 Å². The van der Waals surface area contributed by atoms with Crippen molar-refractivity contribution in [1.29, 1.82) is 0 Å². The number of ether oxygens (including phenoxy) is 1. The Balaban J connectivity index is 2.52. The average Bonchev–Trinajstić information content (AvgIpc) is 2.43. The minimum absolute atomic E-state index is 0.0506. The summed E-state index contributed by atoms with van der Waals surface area (Å²) in [4.78, 5) is 12.7. The van der Waals surface area contributed by atoms with Gasteiger partial charge in [0, 0.05) is 14.5 Å². The van der Waals surface area contributed by atoms with Gasteiger partial charge in [0.2, 0.25) is 0 Å². The summed E-state index contributed by atoms with van der Waals surface area (Å²) >= 11 is 6.82. The number of hydrogen-bond acceptors (Lipinski definition) is 2. The molecule has 0 radical (unpaired) electrons. The molecule has 0 aliphatic carbocycles. The van der Waals surface area contributed by atoms with E-state index in [9.17, 15) is 4.79 Å². The van der Waals surface area contributed by atoms with E-state index in [-0.39, 0.29) is 5.78 Å². The van der Waals surface area contributed by atoms with Gasteiger partial charge in [-0.2, -0.15) is 0 Å². The van der Waals surface area contributed by atoms with Crippen molar-refractivity contribution in [2.75, 3.05) is 6.61 Å². The third-order valence-electron chi connectivity index (χ3n) is 2.85. The highest BCUT2D eigenvalue weighted by Gasteiger charge is 2.17. The zero-order valence-electron chi connectivity index (χ0n) is 11.2. The van der Waals surface area contributed by atoms with E-state index in [4.69, 9.17) is 4.74 Å². The topological polar surface area (TPSA) is 26.3 Å². The van der Waals surface area contributed by atoms with Gasteiger partial charge in [-0.25, -0.2) is 0 Å². The van der Waals surface area contributed by atoms with Gasteiger partial charge in [0.1, 0.15) is 5.75 Å². The maximum Gasteiger partial charge on any atom is 0.197 e. The minimum Gasteiger partial charge on any atom is -0.493 e. The first-order valence-electron chi connectivity index (χ1n) is 6.26. The van der Waals surface area contributed by atoms with Crippen LogP contribution in [0.15, 0.2) is 45.3 Å². The fourth-order valence-corrected chi connectivity index (χ4v) is 2.71. The number of benzene rings is 2. The lowest BCUT2D eigenvalue weighted by Crippen LogP contribution is -2.06. The molecular weight excluding hydrogens is 384 g/mol. The zero-order valence-corrected chi connectivity index (χ0v) is 14.4. The second-order valence-electron chi connectivity index (χ2n) is 4.39. The molecule has 0 unspecified atom stereocenters. The van der Waals surface area contributed by atoms with E-state index in [1.54, 1.807) is 0 Å². The second kappa shape index (κ2) is 6.55. The highest BCUT2D eigenvalue weighted by Crippen LogP contribution is 2.28. The van der Waals surface area contributed by atoms with Gasteiger partial charge in [-0.1, -0.05) is 43.5 Å². The number of aryl methyl sites for hydroxylation is 1. The lowest BCUT2D eigenvalue weighted by atomic mass is 10.0. The minimum atomic E-state index is -0.0506. The molecule has 0 aliphatic rings. The first-order chi connectivity index (χ1) is 9.52. The Morgan fingerprint density at radius 1 is 1.10 bits per heavy atom. The molecule has 4 heteroatoms. The number of hydrogen-bond donors (Lipinski definition) is 0. The molecule has 2 aromatic carbocycles. The predicted molar refractivity (Wildman–Crippen MR) is 87.6 cm³/mol. The van der Waals surface area contributed by atoms with Crippen molar-refractivity contribution in [1.82, 2.24) is 0 Å². The van der Waals surface area contributed by atoms with Crippen molar-refractivity contribution < 1.29 is 9.53 Å². The molecule has 0 atom stereocenters. The van der Waals surface area contributed by atoms with Crippen LogP contribution in [-0.4, -0.2) is 12.4 Å². The number of halogens is 2. The van der Waals surface area contributed by atoms with Crippen LogP contribution in [0.25, 0.3) is 0 Å². The van der Waals surface area contributed by atoms with Gasteiger partial charge in [0.15, 0.2) is 5.78 Å². The van der Waals surface area contributed by atoms with Gasteiger partial charge in [0.05, 0.1) is 12.2 Å². The molecule has 0 bridgehead atoms. The molecule has 2 aromatic rings. The maximum atomic E-state index is 12.7. The molecule has 0 aromatic heterocycles. The highest BCUT2D eigenvalue weighted by atomic mass is 79.9. The van der Waals surface area contributed by atoms with Crippen LogP contribution in [0.2, 0.25) is 0 Å². The predicted octanol–water partition coefficient (Wildman–Crippen LogP) is 5.15. The van der Waals surface area contributed by atoms with Crippen molar-refractivity contribution in [2.24, 2.45) is 0 Å². The fourth-order valence-electron chi connectivity index (χ4n) is 1.92. The van der Waals surface area contributed by atoms with Crippen molar-refractivity contribution in [3.8, 4) is 5.75 Å². The number of rotatable bonds is 4. The Morgan fingerprint density at radius 3 is 2.55 bits per heavy atom. The third-order valence-corrected chi connectivity index (χ3v) is 4.04. The molecule has 0 saturated heterocycles. The summed E-state index contributed by atoms with van der Waals surface area (Å²) in [6.07, 6.45) is 0. The summed E-state index contributed by atoms with van der Waals surface area (Å²) in [5.74, 6) is 0.570. The number of ketones is 1. The van der Waals surface area contributed by atoms with Crippen LogP contribution < -0.4 is 4.74 Å². The van der Waals surface area contributed by atoms with Crippen molar-refractivity contribution in [3.63, 3.8) is 0 Å². The first kappa shape index (κ1) is 15.3. The Hall–Kier alpha value is -1.13. The monoisotopic (exact) mass is 396 g/mol. The Morgan fingerprint density at radius 2 is 1.85 bits per heavy atom.